The molecular formula is C12H14O2. The number of carbonyl (C=O) groups excluding carboxylic acids is 1. The Morgan fingerprint density at radius 2 is 2.21 bits per heavy atom. The van der Waals surface area contributed by atoms with Gasteiger partial charge in [0.25, 0.3) is 0 Å². The third kappa shape index (κ3) is 1.21. The Bertz CT molecular complexity index is 360. The Labute approximate surface area is 83.3 Å². The van der Waals surface area contributed by atoms with Gasteiger partial charge in [-0.05, 0) is 43.7 Å². The average molecular weight is 190 g/mol. The highest BCUT2D eigenvalue weighted by Crippen LogP contribution is 2.40. The molecule has 1 atom stereocenters. The molecule has 2 aliphatic carbocycles. The zero-order valence-electron chi connectivity index (χ0n) is 8.16. The van der Waals surface area contributed by atoms with E-state index in [4.69, 9.17) is 4.42 Å². The van der Waals surface area contributed by atoms with Crippen LogP contribution in [0.1, 0.15) is 42.9 Å². The summed E-state index contributed by atoms with van der Waals surface area (Å²) < 4.78 is 5.45. The summed E-state index contributed by atoms with van der Waals surface area (Å²) in [6, 6.07) is 2.02. The quantitative estimate of drug-likeness (QED) is 0.717. The molecule has 0 amide bonds. The summed E-state index contributed by atoms with van der Waals surface area (Å²) in [4.78, 5) is 12.0. The van der Waals surface area contributed by atoms with Crippen LogP contribution in [0, 0.1) is 5.92 Å². The fourth-order valence-corrected chi connectivity index (χ4v) is 2.41. The van der Waals surface area contributed by atoms with Crippen molar-refractivity contribution in [3.8, 4) is 0 Å². The molecule has 1 fully saturated rings. The van der Waals surface area contributed by atoms with Crippen LogP contribution in [0.4, 0.5) is 0 Å². The number of rotatable bonds is 2. The molecule has 3 rings (SSSR count). The summed E-state index contributed by atoms with van der Waals surface area (Å²) in [5.74, 6) is 1.84. The van der Waals surface area contributed by atoms with Gasteiger partial charge in [-0.25, -0.2) is 0 Å². The molecular weight excluding hydrogens is 176 g/mol. The van der Waals surface area contributed by atoms with Crippen molar-refractivity contribution in [3.05, 3.63) is 23.7 Å². The molecule has 2 aliphatic rings. The smallest absolute Gasteiger partial charge is 0.146 e. The van der Waals surface area contributed by atoms with Crippen molar-refractivity contribution in [3.63, 3.8) is 0 Å². The number of Topliss-reactive ketones (excluding diaryl/α,β-unsaturated/α-hetero) is 1. The number of fused-ring (bicyclic) bond motifs is 1. The van der Waals surface area contributed by atoms with E-state index in [1.54, 1.807) is 6.26 Å². The normalized spacial score (nSPS) is 25.9. The highest BCUT2D eigenvalue weighted by Gasteiger charge is 2.38. The predicted molar refractivity (Wildman–Crippen MR) is 52.1 cm³/mol. The van der Waals surface area contributed by atoms with Crippen LogP contribution in [0.5, 0.6) is 0 Å². The molecule has 0 saturated heterocycles. The zero-order valence-corrected chi connectivity index (χ0v) is 8.16. The standard InChI is InChI=1S/C12H14O2/c13-11(8-4-5-8)10-3-1-2-9-6-7-14-12(9)10/h6-8,10H,1-5H2. The van der Waals surface area contributed by atoms with Crippen molar-refractivity contribution in [1.29, 1.82) is 0 Å². The molecule has 1 unspecified atom stereocenters. The minimum absolute atomic E-state index is 0.0845. The number of aryl methyl sites for hydroxylation is 1. The monoisotopic (exact) mass is 190 g/mol. The van der Waals surface area contributed by atoms with E-state index in [9.17, 15) is 4.79 Å². The fourth-order valence-electron chi connectivity index (χ4n) is 2.41. The van der Waals surface area contributed by atoms with E-state index >= 15 is 0 Å². The van der Waals surface area contributed by atoms with Gasteiger partial charge in [0.1, 0.15) is 11.5 Å². The topological polar surface area (TPSA) is 30.2 Å². The molecule has 0 spiro atoms. The molecule has 0 aliphatic heterocycles. The Morgan fingerprint density at radius 3 is 3.00 bits per heavy atom. The van der Waals surface area contributed by atoms with Crippen molar-refractivity contribution in [2.75, 3.05) is 0 Å². The first kappa shape index (κ1) is 8.27. The van der Waals surface area contributed by atoms with Crippen molar-refractivity contribution >= 4 is 5.78 Å². The van der Waals surface area contributed by atoms with E-state index in [0.717, 1.165) is 37.9 Å². The van der Waals surface area contributed by atoms with Gasteiger partial charge in [-0.1, -0.05) is 0 Å². The van der Waals surface area contributed by atoms with Crippen LogP contribution in [0.3, 0.4) is 0 Å². The minimum Gasteiger partial charge on any atom is -0.468 e. The highest BCUT2D eigenvalue weighted by atomic mass is 16.3. The lowest BCUT2D eigenvalue weighted by Crippen LogP contribution is -2.18. The number of carbonyl (C=O) groups is 1. The lowest BCUT2D eigenvalue weighted by atomic mass is 9.84. The van der Waals surface area contributed by atoms with E-state index in [-0.39, 0.29) is 5.92 Å². The largest absolute Gasteiger partial charge is 0.468 e. The summed E-state index contributed by atoms with van der Waals surface area (Å²) in [5.41, 5.74) is 1.26. The molecule has 1 aromatic rings. The van der Waals surface area contributed by atoms with E-state index in [0.29, 0.717) is 11.7 Å². The minimum atomic E-state index is 0.0845. The third-order valence-corrected chi connectivity index (χ3v) is 3.36. The third-order valence-electron chi connectivity index (χ3n) is 3.36. The van der Waals surface area contributed by atoms with E-state index < -0.39 is 0 Å². The highest BCUT2D eigenvalue weighted by molar-refractivity contribution is 5.89. The summed E-state index contributed by atoms with van der Waals surface area (Å²) in [6.07, 6.45) is 7.14. The fraction of sp³-hybridized carbons (Fsp3) is 0.583. The van der Waals surface area contributed by atoms with Crippen LogP contribution in [0.2, 0.25) is 0 Å². The van der Waals surface area contributed by atoms with Crippen LogP contribution in [-0.4, -0.2) is 5.78 Å². The van der Waals surface area contributed by atoms with Gasteiger partial charge in [0.2, 0.25) is 0 Å². The molecule has 0 aromatic carbocycles. The average Bonchev–Trinajstić information content (AvgIpc) is 2.94. The van der Waals surface area contributed by atoms with Gasteiger partial charge in [0.15, 0.2) is 0 Å². The Hall–Kier alpha value is -1.05. The number of ketones is 1. The second kappa shape index (κ2) is 2.97. The number of furan rings is 1. The van der Waals surface area contributed by atoms with Crippen molar-refractivity contribution < 1.29 is 9.21 Å². The SMILES string of the molecule is O=C(C1CC1)C1CCCc2ccoc21. The van der Waals surface area contributed by atoms with Crippen molar-refractivity contribution in [2.45, 2.75) is 38.0 Å². The van der Waals surface area contributed by atoms with Crippen LogP contribution in [0.15, 0.2) is 16.7 Å². The van der Waals surface area contributed by atoms with Crippen molar-refractivity contribution in [2.24, 2.45) is 5.92 Å². The zero-order chi connectivity index (χ0) is 9.54. The number of hydrogen-bond acceptors (Lipinski definition) is 2. The van der Waals surface area contributed by atoms with Crippen LogP contribution in [-0.2, 0) is 11.2 Å². The maximum Gasteiger partial charge on any atom is 0.146 e. The molecule has 1 saturated carbocycles. The maximum absolute atomic E-state index is 12.0. The molecule has 0 bridgehead atoms. The molecule has 2 nitrogen and oxygen atoms in total. The first-order valence-corrected chi connectivity index (χ1v) is 5.46. The molecule has 0 radical (unpaired) electrons. The molecule has 74 valence electrons. The molecule has 14 heavy (non-hydrogen) atoms. The number of hydrogen-bond donors (Lipinski definition) is 0. The van der Waals surface area contributed by atoms with Crippen molar-refractivity contribution in [1.82, 2.24) is 0 Å². The molecule has 2 heteroatoms. The summed E-state index contributed by atoms with van der Waals surface area (Å²) in [7, 11) is 0. The summed E-state index contributed by atoms with van der Waals surface area (Å²) in [5, 5.41) is 0. The van der Waals surface area contributed by atoms with Gasteiger partial charge in [-0.2, -0.15) is 0 Å². The van der Waals surface area contributed by atoms with E-state index in [1.165, 1.54) is 5.56 Å². The van der Waals surface area contributed by atoms with Gasteiger partial charge >= 0.3 is 0 Å². The van der Waals surface area contributed by atoms with Gasteiger partial charge in [0, 0.05) is 5.92 Å². The second-order valence-electron chi connectivity index (χ2n) is 4.43. The maximum atomic E-state index is 12.0. The van der Waals surface area contributed by atoms with Gasteiger partial charge in [-0.15, -0.1) is 0 Å². The lowest BCUT2D eigenvalue weighted by molar-refractivity contribution is -0.122. The van der Waals surface area contributed by atoms with Crippen LogP contribution >= 0.6 is 0 Å². The predicted octanol–water partition coefficient (Wildman–Crippen LogP) is 2.68. The first-order chi connectivity index (χ1) is 6.86. The molecule has 1 aromatic heterocycles. The molecule has 0 N–H and O–H groups in total. The van der Waals surface area contributed by atoms with Gasteiger partial charge in [0.05, 0.1) is 12.2 Å². The first-order valence-electron chi connectivity index (χ1n) is 5.46. The Morgan fingerprint density at radius 1 is 1.36 bits per heavy atom. The van der Waals surface area contributed by atoms with Crippen LogP contribution in [0.25, 0.3) is 0 Å². The Balaban J connectivity index is 1.91. The molecule has 1 heterocycles. The van der Waals surface area contributed by atoms with E-state index in [1.807, 2.05) is 6.07 Å². The van der Waals surface area contributed by atoms with Gasteiger partial charge < -0.3 is 4.42 Å². The lowest BCUT2D eigenvalue weighted by Gasteiger charge is -2.19. The summed E-state index contributed by atoms with van der Waals surface area (Å²) in [6.45, 7) is 0. The van der Waals surface area contributed by atoms with Crippen LogP contribution < -0.4 is 0 Å². The van der Waals surface area contributed by atoms with E-state index in [2.05, 4.69) is 0 Å². The Kier molecular flexibility index (Phi) is 1.76. The van der Waals surface area contributed by atoms with Gasteiger partial charge in [-0.3, -0.25) is 4.79 Å². The second-order valence-corrected chi connectivity index (χ2v) is 4.43. The summed E-state index contributed by atoms with van der Waals surface area (Å²) >= 11 is 0.